The van der Waals surface area contributed by atoms with Gasteiger partial charge in [-0.3, -0.25) is 9.80 Å². The third kappa shape index (κ3) is 3.46. The van der Waals surface area contributed by atoms with Gasteiger partial charge in [-0.1, -0.05) is 18.2 Å². The smallest absolute Gasteiger partial charge is 0.264 e. The fourth-order valence-corrected chi connectivity index (χ4v) is 3.38. The van der Waals surface area contributed by atoms with E-state index in [1.807, 2.05) is 11.9 Å². The number of anilines is 1. The van der Waals surface area contributed by atoms with Gasteiger partial charge in [0.15, 0.2) is 0 Å². The second-order valence-corrected chi connectivity index (χ2v) is 7.19. The van der Waals surface area contributed by atoms with E-state index in [1.54, 1.807) is 42.5 Å². The highest BCUT2D eigenvalue weighted by Crippen LogP contribution is 2.20. The van der Waals surface area contributed by atoms with Crippen LogP contribution in [0.1, 0.15) is 23.7 Å². The minimum absolute atomic E-state index is 0.0526. The number of sulfonamides is 1. The topological polar surface area (TPSA) is 78.8 Å². The lowest BCUT2D eigenvalue weighted by molar-refractivity contribution is 0.0981. The molecule has 0 atom stereocenters. The molecule has 0 fully saturated rings. The van der Waals surface area contributed by atoms with E-state index >= 15 is 0 Å². The molecule has 7 heteroatoms. The van der Waals surface area contributed by atoms with Crippen LogP contribution >= 0.6 is 0 Å². The Balaban J connectivity index is 1.74. The molecule has 0 aliphatic carbocycles. The number of nitrogens with one attached hydrogen (secondary N) is 1. The van der Waals surface area contributed by atoms with Gasteiger partial charge in [-0.25, -0.2) is 13.1 Å². The molecule has 1 heterocycles. The first-order chi connectivity index (χ1) is 11.5. The zero-order valence-corrected chi connectivity index (χ0v) is 14.0. The average Bonchev–Trinajstić information content (AvgIpc) is 3.02. The lowest BCUT2D eigenvalue weighted by atomic mass is 10.2. The van der Waals surface area contributed by atoms with Gasteiger partial charge in [0, 0.05) is 24.2 Å². The van der Waals surface area contributed by atoms with E-state index in [9.17, 15) is 13.2 Å². The van der Waals surface area contributed by atoms with Crippen molar-refractivity contribution >= 4 is 27.3 Å². The molecule has 0 spiro atoms. The zero-order chi connectivity index (χ0) is 17.2. The van der Waals surface area contributed by atoms with Gasteiger partial charge < -0.3 is 0 Å². The quantitative estimate of drug-likeness (QED) is 0.924. The van der Waals surface area contributed by atoms with Gasteiger partial charge in [0.2, 0.25) is 0 Å². The van der Waals surface area contributed by atoms with E-state index < -0.39 is 15.9 Å². The van der Waals surface area contributed by atoms with E-state index in [4.69, 9.17) is 0 Å². The Hall–Kier alpha value is -2.67. The lowest BCUT2D eigenvalue weighted by Crippen LogP contribution is -2.30. The molecule has 0 radical (unpaired) electrons. The molecule has 1 aliphatic heterocycles. The van der Waals surface area contributed by atoms with Crippen molar-refractivity contribution in [3.05, 3.63) is 60.2 Å². The molecule has 124 valence electrons. The highest BCUT2D eigenvalue weighted by Gasteiger charge is 2.19. The Morgan fingerprint density at radius 2 is 1.75 bits per heavy atom. The van der Waals surface area contributed by atoms with E-state index in [2.05, 4.69) is 9.82 Å². The predicted molar refractivity (Wildman–Crippen MR) is 92.6 cm³/mol. The van der Waals surface area contributed by atoms with Gasteiger partial charge in [0.25, 0.3) is 15.9 Å². The molecule has 1 aliphatic rings. The van der Waals surface area contributed by atoms with Crippen LogP contribution in [-0.2, 0) is 10.0 Å². The summed E-state index contributed by atoms with van der Waals surface area (Å²) in [7, 11) is -3.87. The zero-order valence-electron chi connectivity index (χ0n) is 13.1. The van der Waals surface area contributed by atoms with Crippen LogP contribution in [0.3, 0.4) is 0 Å². The minimum Gasteiger partial charge on any atom is -0.268 e. The van der Waals surface area contributed by atoms with Crippen LogP contribution < -0.4 is 9.73 Å². The monoisotopic (exact) mass is 343 g/mol. The Labute approximate surface area is 140 Å². The van der Waals surface area contributed by atoms with Crippen molar-refractivity contribution in [3.8, 4) is 0 Å². The number of rotatable bonds is 4. The fraction of sp³-hybridized carbons (Fsp3) is 0.176. The van der Waals surface area contributed by atoms with Gasteiger partial charge >= 0.3 is 0 Å². The largest absolute Gasteiger partial charge is 0.268 e. The first-order valence-corrected chi connectivity index (χ1v) is 8.98. The summed E-state index contributed by atoms with van der Waals surface area (Å²) in [6, 6.07) is 14.5. The molecule has 1 amide bonds. The maximum atomic E-state index is 12.2. The molecular weight excluding hydrogens is 326 g/mol. The summed E-state index contributed by atoms with van der Waals surface area (Å²) in [5.74, 6) is -0.661. The van der Waals surface area contributed by atoms with Gasteiger partial charge in [-0.15, -0.1) is 0 Å². The minimum atomic E-state index is -3.87. The molecular formula is C17H17N3O3S. The highest BCUT2D eigenvalue weighted by molar-refractivity contribution is 7.90. The number of amides is 1. The van der Waals surface area contributed by atoms with Crippen molar-refractivity contribution in [2.24, 2.45) is 5.10 Å². The van der Waals surface area contributed by atoms with E-state index in [1.165, 1.54) is 12.1 Å². The van der Waals surface area contributed by atoms with Crippen LogP contribution in [0, 0.1) is 0 Å². The summed E-state index contributed by atoms with van der Waals surface area (Å²) in [6.07, 6.45) is 0.914. The average molecular weight is 343 g/mol. The summed E-state index contributed by atoms with van der Waals surface area (Å²) in [4.78, 5) is 12.2. The molecule has 0 aromatic heterocycles. The number of nitrogens with zero attached hydrogens (tertiary/aromatic N) is 2. The van der Waals surface area contributed by atoms with Crippen LogP contribution in [0.5, 0.6) is 0 Å². The van der Waals surface area contributed by atoms with Crippen molar-refractivity contribution in [3.63, 3.8) is 0 Å². The van der Waals surface area contributed by atoms with Crippen molar-refractivity contribution in [1.29, 1.82) is 0 Å². The van der Waals surface area contributed by atoms with E-state index in [0.717, 1.165) is 24.4 Å². The Morgan fingerprint density at radius 1 is 1.08 bits per heavy atom. The maximum absolute atomic E-state index is 12.2. The van der Waals surface area contributed by atoms with Gasteiger partial charge in [-0.2, -0.15) is 5.10 Å². The fourth-order valence-electron chi connectivity index (χ4n) is 2.39. The molecule has 0 saturated heterocycles. The van der Waals surface area contributed by atoms with Crippen molar-refractivity contribution in [2.75, 3.05) is 11.6 Å². The van der Waals surface area contributed by atoms with Crippen molar-refractivity contribution < 1.29 is 13.2 Å². The van der Waals surface area contributed by atoms with Crippen LogP contribution in [0.2, 0.25) is 0 Å². The number of benzene rings is 2. The molecule has 0 unspecified atom stereocenters. The first-order valence-electron chi connectivity index (χ1n) is 7.49. The van der Waals surface area contributed by atoms with Gasteiger partial charge in [0.05, 0.1) is 10.6 Å². The summed E-state index contributed by atoms with van der Waals surface area (Å²) in [5.41, 5.74) is 2.21. The number of hydrogen-bond acceptors (Lipinski definition) is 5. The number of hydrogen-bond donors (Lipinski definition) is 1. The molecule has 6 nitrogen and oxygen atoms in total. The molecule has 24 heavy (non-hydrogen) atoms. The third-order valence-electron chi connectivity index (χ3n) is 3.68. The standard InChI is InChI=1S/C17H17N3O3S/c1-13-11-12-20(18-13)15-9-7-14(8-10-15)17(21)19-24(22,23)16-5-3-2-4-6-16/h2-10H,11-12H2,1H3,(H,19,21). The molecule has 2 aromatic carbocycles. The predicted octanol–water partition coefficient (Wildman–Crippen LogP) is 2.39. The van der Waals surface area contributed by atoms with E-state index in [0.29, 0.717) is 0 Å². The Kier molecular flexibility index (Phi) is 4.35. The maximum Gasteiger partial charge on any atom is 0.264 e. The first kappa shape index (κ1) is 16.2. The third-order valence-corrected chi connectivity index (χ3v) is 5.03. The highest BCUT2D eigenvalue weighted by atomic mass is 32.2. The van der Waals surface area contributed by atoms with Crippen molar-refractivity contribution in [1.82, 2.24) is 4.72 Å². The number of hydrazone groups is 1. The van der Waals surface area contributed by atoms with Crippen LogP contribution in [0.25, 0.3) is 0 Å². The molecule has 0 saturated carbocycles. The lowest BCUT2D eigenvalue weighted by Gasteiger charge is -2.14. The summed E-state index contributed by atoms with van der Waals surface area (Å²) in [5, 5.41) is 6.24. The second kappa shape index (κ2) is 6.45. The molecule has 0 bridgehead atoms. The summed E-state index contributed by atoms with van der Waals surface area (Å²) < 4.78 is 26.4. The Morgan fingerprint density at radius 3 is 2.33 bits per heavy atom. The van der Waals surface area contributed by atoms with Gasteiger partial charge in [0.1, 0.15) is 0 Å². The molecule has 2 aromatic rings. The summed E-state index contributed by atoms with van der Waals surface area (Å²) in [6.45, 7) is 2.77. The Bertz CT molecular complexity index is 875. The van der Waals surface area contributed by atoms with Crippen LogP contribution in [0.15, 0.2) is 64.6 Å². The SMILES string of the molecule is CC1=NN(c2ccc(C(=O)NS(=O)(=O)c3ccccc3)cc2)CC1. The molecule has 3 rings (SSSR count). The van der Waals surface area contributed by atoms with Crippen LogP contribution in [0.4, 0.5) is 5.69 Å². The van der Waals surface area contributed by atoms with Crippen LogP contribution in [-0.4, -0.2) is 26.6 Å². The molecule has 1 N–H and O–H groups in total. The number of carbonyl (C=O) groups is 1. The summed E-state index contributed by atoms with van der Waals surface area (Å²) >= 11 is 0. The normalized spacial score (nSPS) is 14.4. The second-order valence-electron chi connectivity index (χ2n) is 5.50. The van der Waals surface area contributed by atoms with Gasteiger partial charge in [-0.05, 0) is 43.3 Å². The van der Waals surface area contributed by atoms with Crippen molar-refractivity contribution in [2.45, 2.75) is 18.2 Å². The van der Waals surface area contributed by atoms with E-state index in [-0.39, 0.29) is 10.5 Å². The number of carbonyl (C=O) groups excluding carboxylic acids is 1.